The number of carbonyl (C=O) groups excluding carboxylic acids is 1. The second-order valence-corrected chi connectivity index (χ2v) is 8.34. The van der Waals surface area contributed by atoms with E-state index in [1.807, 2.05) is 25.1 Å². The number of fused-ring (bicyclic) bond motifs is 1. The molecule has 2 rings (SSSR count). The van der Waals surface area contributed by atoms with Gasteiger partial charge in [0.25, 0.3) is 0 Å². The Morgan fingerprint density at radius 3 is 2.65 bits per heavy atom. The molecule has 7 heteroatoms. The molecular formula is C19H31ClN2O3S. The van der Waals surface area contributed by atoms with Gasteiger partial charge in [0.15, 0.2) is 11.5 Å². The summed E-state index contributed by atoms with van der Waals surface area (Å²) in [7, 11) is 0. The number of benzene rings is 1. The summed E-state index contributed by atoms with van der Waals surface area (Å²) in [6.45, 7) is 8.11. The van der Waals surface area contributed by atoms with Gasteiger partial charge in [0, 0.05) is 35.6 Å². The van der Waals surface area contributed by atoms with Crippen LogP contribution in [0.2, 0.25) is 0 Å². The van der Waals surface area contributed by atoms with Gasteiger partial charge in [-0.05, 0) is 37.5 Å². The third kappa shape index (κ3) is 7.25. The molecule has 0 saturated carbocycles. The van der Waals surface area contributed by atoms with Crippen molar-refractivity contribution in [3.8, 4) is 11.5 Å². The van der Waals surface area contributed by atoms with Gasteiger partial charge in [0.2, 0.25) is 5.91 Å². The smallest absolute Gasteiger partial charge is 0.221 e. The first-order chi connectivity index (χ1) is 11.9. The highest BCUT2D eigenvalue weighted by atomic mass is 35.5. The van der Waals surface area contributed by atoms with E-state index in [9.17, 15) is 4.79 Å². The molecule has 1 aromatic carbocycles. The number of hydrogen-bond acceptors (Lipinski definition) is 5. The van der Waals surface area contributed by atoms with E-state index in [4.69, 9.17) is 15.2 Å². The van der Waals surface area contributed by atoms with Crippen molar-refractivity contribution < 1.29 is 14.3 Å². The van der Waals surface area contributed by atoms with Gasteiger partial charge in [0.1, 0.15) is 0 Å². The Morgan fingerprint density at radius 1 is 1.31 bits per heavy atom. The third-order valence-electron chi connectivity index (χ3n) is 4.07. The number of halogens is 1. The zero-order valence-electron chi connectivity index (χ0n) is 15.9. The number of nitrogens with one attached hydrogen (secondary N) is 1. The van der Waals surface area contributed by atoms with E-state index in [2.05, 4.69) is 19.2 Å². The summed E-state index contributed by atoms with van der Waals surface area (Å²) >= 11 is 1.65. The van der Waals surface area contributed by atoms with Crippen LogP contribution in [0.15, 0.2) is 23.1 Å². The molecule has 0 radical (unpaired) electrons. The fraction of sp³-hybridized carbons (Fsp3) is 0.632. The highest BCUT2D eigenvalue weighted by molar-refractivity contribution is 7.99. The van der Waals surface area contributed by atoms with Crippen LogP contribution in [0.4, 0.5) is 0 Å². The van der Waals surface area contributed by atoms with Gasteiger partial charge in [-0.1, -0.05) is 13.8 Å². The zero-order valence-corrected chi connectivity index (χ0v) is 17.5. The maximum Gasteiger partial charge on any atom is 0.221 e. The minimum absolute atomic E-state index is 0. The van der Waals surface area contributed by atoms with Crippen LogP contribution in [0.25, 0.3) is 0 Å². The Morgan fingerprint density at radius 2 is 2.00 bits per heavy atom. The lowest BCUT2D eigenvalue weighted by Gasteiger charge is -2.31. The van der Waals surface area contributed by atoms with Gasteiger partial charge in [0.05, 0.1) is 13.2 Å². The molecule has 1 aromatic rings. The van der Waals surface area contributed by atoms with E-state index in [-0.39, 0.29) is 23.9 Å². The molecule has 0 aliphatic carbocycles. The van der Waals surface area contributed by atoms with E-state index in [0.717, 1.165) is 29.2 Å². The first-order valence-corrected chi connectivity index (χ1v) is 9.94. The lowest BCUT2D eigenvalue weighted by Crippen LogP contribution is -2.52. The van der Waals surface area contributed by atoms with Crippen LogP contribution >= 0.6 is 24.2 Å². The summed E-state index contributed by atoms with van der Waals surface area (Å²) in [4.78, 5) is 13.3. The van der Waals surface area contributed by atoms with Gasteiger partial charge in [-0.3, -0.25) is 4.79 Å². The average molecular weight is 403 g/mol. The average Bonchev–Trinajstić information content (AvgIpc) is 2.78. The summed E-state index contributed by atoms with van der Waals surface area (Å²) in [5.41, 5.74) is 5.53. The van der Waals surface area contributed by atoms with Gasteiger partial charge in [-0.25, -0.2) is 0 Å². The number of nitrogens with two attached hydrogens (primary N) is 1. The molecule has 26 heavy (non-hydrogen) atoms. The molecule has 0 aromatic heterocycles. The van der Waals surface area contributed by atoms with Crippen molar-refractivity contribution in [1.82, 2.24) is 5.32 Å². The summed E-state index contributed by atoms with van der Waals surface area (Å²) in [6.07, 6.45) is 2.24. The second kappa shape index (κ2) is 10.9. The number of amides is 1. The standard InChI is InChI=1S/C19H30N2O3S.ClH/c1-14(2)12-19(3,13-20)21-18(22)7-10-25-15-5-6-16-17(11-15)24-9-4-8-23-16;/h5-6,11,14H,4,7-10,12-13,20H2,1-3H3,(H,21,22);1H. The molecule has 5 nitrogen and oxygen atoms in total. The van der Waals surface area contributed by atoms with Crippen LogP contribution in [0.1, 0.15) is 40.0 Å². The Bertz CT molecular complexity index is 586. The summed E-state index contributed by atoms with van der Waals surface area (Å²) in [5, 5.41) is 3.10. The molecule has 148 valence electrons. The SMILES string of the molecule is CC(C)CC(C)(CN)NC(=O)CCSc1ccc2c(c1)OCCCO2.Cl. The van der Waals surface area contributed by atoms with Gasteiger partial charge in [-0.2, -0.15) is 0 Å². The molecular weight excluding hydrogens is 372 g/mol. The quantitative estimate of drug-likeness (QED) is 0.649. The van der Waals surface area contributed by atoms with Crippen LogP contribution < -0.4 is 20.5 Å². The summed E-state index contributed by atoms with van der Waals surface area (Å²) < 4.78 is 11.3. The Balaban J connectivity index is 0.00000338. The van der Waals surface area contributed by atoms with Crippen molar-refractivity contribution >= 4 is 30.1 Å². The third-order valence-corrected chi connectivity index (χ3v) is 5.06. The maximum atomic E-state index is 12.2. The van der Waals surface area contributed by atoms with Crippen LogP contribution in [0.5, 0.6) is 11.5 Å². The molecule has 1 unspecified atom stereocenters. The van der Waals surface area contributed by atoms with Crippen LogP contribution in [0, 0.1) is 5.92 Å². The molecule has 1 heterocycles. The minimum atomic E-state index is -0.328. The predicted molar refractivity (Wildman–Crippen MR) is 110 cm³/mol. The summed E-state index contributed by atoms with van der Waals surface area (Å²) in [6, 6.07) is 5.95. The fourth-order valence-electron chi connectivity index (χ4n) is 2.98. The Labute approximate surface area is 167 Å². The zero-order chi connectivity index (χ0) is 18.3. The number of ether oxygens (including phenoxy) is 2. The molecule has 1 amide bonds. The topological polar surface area (TPSA) is 73.6 Å². The maximum absolute atomic E-state index is 12.2. The van der Waals surface area contributed by atoms with Crippen LogP contribution in [0.3, 0.4) is 0 Å². The van der Waals surface area contributed by atoms with Crippen molar-refractivity contribution in [1.29, 1.82) is 0 Å². The van der Waals surface area contributed by atoms with Crippen molar-refractivity contribution in [3.63, 3.8) is 0 Å². The predicted octanol–water partition coefficient (Wildman–Crippen LogP) is 3.63. The molecule has 3 N–H and O–H groups in total. The minimum Gasteiger partial charge on any atom is -0.490 e. The van der Waals surface area contributed by atoms with E-state index in [1.165, 1.54) is 0 Å². The molecule has 1 atom stereocenters. The first-order valence-electron chi connectivity index (χ1n) is 8.95. The molecule has 0 fully saturated rings. The molecule has 0 saturated heterocycles. The number of hydrogen-bond donors (Lipinski definition) is 2. The largest absolute Gasteiger partial charge is 0.490 e. The molecule has 0 bridgehead atoms. The number of carbonyl (C=O) groups is 1. The Kier molecular flexibility index (Phi) is 9.61. The van der Waals surface area contributed by atoms with Crippen molar-refractivity contribution in [2.45, 2.75) is 50.5 Å². The van der Waals surface area contributed by atoms with Crippen LogP contribution in [-0.4, -0.2) is 37.0 Å². The second-order valence-electron chi connectivity index (χ2n) is 7.17. The van der Waals surface area contributed by atoms with Crippen molar-refractivity contribution in [3.05, 3.63) is 18.2 Å². The van der Waals surface area contributed by atoms with Gasteiger partial charge < -0.3 is 20.5 Å². The van der Waals surface area contributed by atoms with Gasteiger partial charge in [-0.15, -0.1) is 24.2 Å². The highest BCUT2D eigenvalue weighted by Gasteiger charge is 2.25. The number of thioether (sulfide) groups is 1. The van der Waals surface area contributed by atoms with Gasteiger partial charge >= 0.3 is 0 Å². The van der Waals surface area contributed by atoms with E-state index in [1.54, 1.807) is 11.8 Å². The van der Waals surface area contributed by atoms with Crippen molar-refractivity contribution in [2.75, 3.05) is 25.5 Å². The first kappa shape index (κ1) is 22.9. The normalized spacial score (nSPS) is 15.6. The van der Waals surface area contributed by atoms with E-state index < -0.39 is 0 Å². The van der Waals surface area contributed by atoms with E-state index >= 15 is 0 Å². The lowest BCUT2D eigenvalue weighted by molar-refractivity contribution is -0.122. The Hall–Kier alpha value is -1.11. The number of rotatable bonds is 8. The summed E-state index contributed by atoms with van der Waals surface area (Å²) in [5.74, 6) is 2.85. The van der Waals surface area contributed by atoms with Crippen molar-refractivity contribution in [2.24, 2.45) is 11.7 Å². The molecule has 0 spiro atoms. The molecule has 1 aliphatic rings. The monoisotopic (exact) mass is 402 g/mol. The fourth-order valence-corrected chi connectivity index (χ4v) is 3.86. The lowest BCUT2D eigenvalue weighted by atomic mass is 9.90. The van der Waals surface area contributed by atoms with Crippen LogP contribution in [-0.2, 0) is 4.79 Å². The highest BCUT2D eigenvalue weighted by Crippen LogP contribution is 2.34. The molecule has 1 aliphatic heterocycles. The van der Waals surface area contributed by atoms with E-state index in [0.29, 0.717) is 37.9 Å².